The number of hydrogen-bond acceptors (Lipinski definition) is 2. The standard InChI is InChI=1S/C20H21FN2O2/c1-2-18(14-7-9-16(21)10-8-14)22-19(24)11-12-23-13-15-5-3-4-6-17(15)20(23)25/h3-10,18H,2,11-13H2,1H3,(H,22,24)/t18-/m1/s1. The largest absolute Gasteiger partial charge is 0.349 e. The van der Waals surface area contributed by atoms with Gasteiger partial charge < -0.3 is 10.2 Å². The minimum Gasteiger partial charge on any atom is -0.349 e. The molecule has 2 amide bonds. The van der Waals surface area contributed by atoms with Crippen LogP contribution in [0.4, 0.5) is 4.39 Å². The lowest BCUT2D eigenvalue weighted by Crippen LogP contribution is -2.33. The van der Waals surface area contributed by atoms with Crippen molar-refractivity contribution < 1.29 is 14.0 Å². The molecule has 2 aromatic carbocycles. The highest BCUT2D eigenvalue weighted by molar-refractivity contribution is 5.98. The lowest BCUT2D eigenvalue weighted by Gasteiger charge is -2.19. The van der Waals surface area contributed by atoms with Crippen molar-refractivity contribution in [3.63, 3.8) is 0 Å². The van der Waals surface area contributed by atoms with Gasteiger partial charge in [0.05, 0.1) is 6.04 Å². The Kier molecular flexibility index (Phi) is 5.12. The number of nitrogens with zero attached hydrogens (tertiary/aromatic N) is 1. The van der Waals surface area contributed by atoms with Crippen LogP contribution in [0.3, 0.4) is 0 Å². The number of benzene rings is 2. The van der Waals surface area contributed by atoms with E-state index in [0.29, 0.717) is 19.5 Å². The van der Waals surface area contributed by atoms with E-state index in [9.17, 15) is 14.0 Å². The maximum absolute atomic E-state index is 13.0. The highest BCUT2D eigenvalue weighted by Gasteiger charge is 2.27. The first-order valence-corrected chi connectivity index (χ1v) is 8.50. The van der Waals surface area contributed by atoms with Crippen LogP contribution in [0, 0.1) is 5.82 Å². The quantitative estimate of drug-likeness (QED) is 0.876. The Morgan fingerprint density at radius 3 is 2.60 bits per heavy atom. The Labute approximate surface area is 146 Å². The van der Waals surface area contributed by atoms with Crippen LogP contribution < -0.4 is 5.32 Å². The van der Waals surface area contributed by atoms with Crippen molar-refractivity contribution in [2.75, 3.05) is 6.54 Å². The van der Waals surface area contributed by atoms with Crippen molar-refractivity contribution in [2.24, 2.45) is 0 Å². The molecule has 1 aliphatic rings. The van der Waals surface area contributed by atoms with Gasteiger partial charge in [-0.2, -0.15) is 0 Å². The first-order chi connectivity index (χ1) is 12.1. The molecule has 3 rings (SSSR count). The number of hydrogen-bond donors (Lipinski definition) is 1. The summed E-state index contributed by atoms with van der Waals surface area (Å²) in [5.41, 5.74) is 2.60. The van der Waals surface area contributed by atoms with E-state index in [0.717, 1.165) is 16.7 Å². The molecule has 2 aromatic rings. The van der Waals surface area contributed by atoms with E-state index >= 15 is 0 Å². The molecule has 0 fully saturated rings. The maximum atomic E-state index is 13.0. The SMILES string of the molecule is CC[C@@H](NC(=O)CCN1Cc2ccccc2C1=O)c1ccc(F)cc1. The van der Waals surface area contributed by atoms with Crippen molar-refractivity contribution in [2.45, 2.75) is 32.4 Å². The number of amides is 2. The Bertz CT molecular complexity index is 774. The van der Waals surface area contributed by atoms with Gasteiger partial charge >= 0.3 is 0 Å². The number of rotatable bonds is 6. The molecule has 1 aliphatic heterocycles. The molecule has 0 saturated heterocycles. The van der Waals surface area contributed by atoms with E-state index in [1.54, 1.807) is 17.0 Å². The van der Waals surface area contributed by atoms with E-state index in [1.165, 1.54) is 12.1 Å². The summed E-state index contributed by atoms with van der Waals surface area (Å²) in [6, 6.07) is 13.5. The van der Waals surface area contributed by atoms with Gasteiger partial charge in [-0.25, -0.2) is 4.39 Å². The molecule has 0 unspecified atom stereocenters. The number of nitrogens with one attached hydrogen (secondary N) is 1. The van der Waals surface area contributed by atoms with Crippen molar-refractivity contribution >= 4 is 11.8 Å². The van der Waals surface area contributed by atoms with Crippen molar-refractivity contribution in [3.8, 4) is 0 Å². The molecule has 0 bridgehead atoms. The smallest absolute Gasteiger partial charge is 0.254 e. The highest BCUT2D eigenvalue weighted by atomic mass is 19.1. The van der Waals surface area contributed by atoms with Gasteiger partial charge in [-0.05, 0) is 35.7 Å². The third kappa shape index (κ3) is 3.87. The molecule has 0 spiro atoms. The fraction of sp³-hybridized carbons (Fsp3) is 0.300. The van der Waals surface area contributed by atoms with Crippen LogP contribution >= 0.6 is 0 Å². The van der Waals surface area contributed by atoms with Gasteiger partial charge in [0.2, 0.25) is 5.91 Å². The predicted octanol–water partition coefficient (Wildman–Crippen LogP) is 3.44. The molecule has 1 atom stereocenters. The van der Waals surface area contributed by atoms with Crippen molar-refractivity contribution in [1.82, 2.24) is 10.2 Å². The number of halogens is 1. The monoisotopic (exact) mass is 340 g/mol. The van der Waals surface area contributed by atoms with E-state index in [1.807, 2.05) is 31.2 Å². The van der Waals surface area contributed by atoms with Crippen LogP contribution in [0.1, 0.15) is 47.3 Å². The average Bonchev–Trinajstić information content (AvgIpc) is 2.95. The van der Waals surface area contributed by atoms with Crippen LogP contribution in [-0.2, 0) is 11.3 Å². The molecular weight excluding hydrogens is 319 g/mol. The molecule has 4 nitrogen and oxygen atoms in total. The van der Waals surface area contributed by atoms with E-state index in [4.69, 9.17) is 0 Å². The molecule has 0 radical (unpaired) electrons. The van der Waals surface area contributed by atoms with Crippen LogP contribution in [0.2, 0.25) is 0 Å². The van der Waals surface area contributed by atoms with Gasteiger partial charge in [0.15, 0.2) is 0 Å². The van der Waals surface area contributed by atoms with Gasteiger partial charge in [-0.15, -0.1) is 0 Å². The topological polar surface area (TPSA) is 49.4 Å². The van der Waals surface area contributed by atoms with E-state index in [-0.39, 0.29) is 30.1 Å². The minimum absolute atomic E-state index is 0.0195. The van der Waals surface area contributed by atoms with Gasteiger partial charge in [-0.1, -0.05) is 37.3 Å². The van der Waals surface area contributed by atoms with Crippen LogP contribution in [0.25, 0.3) is 0 Å². The predicted molar refractivity (Wildman–Crippen MR) is 93.4 cm³/mol. The van der Waals surface area contributed by atoms with Crippen LogP contribution in [0.5, 0.6) is 0 Å². The van der Waals surface area contributed by atoms with Crippen LogP contribution in [0.15, 0.2) is 48.5 Å². The molecule has 0 aromatic heterocycles. The minimum atomic E-state index is -0.294. The first kappa shape index (κ1) is 17.1. The number of carbonyl (C=O) groups excluding carboxylic acids is 2. The van der Waals surface area contributed by atoms with Gasteiger partial charge in [-0.3, -0.25) is 9.59 Å². The molecule has 1 N–H and O–H groups in total. The van der Waals surface area contributed by atoms with Gasteiger partial charge in [0.1, 0.15) is 5.82 Å². The zero-order valence-corrected chi connectivity index (χ0v) is 14.2. The van der Waals surface area contributed by atoms with Crippen molar-refractivity contribution in [1.29, 1.82) is 0 Å². The molecule has 5 heteroatoms. The van der Waals surface area contributed by atoms with E-state index < -0.39 is 0 Å². The van der Waals surface area contributed by atoms with Crippen LogP contribution in [-0.4, -0.2) is 23.3 Å². The summed E-state index contributed by atoms with van der Waals surface area (Å²) in [6.07, 6.45) is 0.961. The van der Waals surface area contributed by atoms with E-state index in [2.05, 4.69) is 5.32 Å². The normalized spacial score (nSPS) is 14.3. The van der Waals surface area contributed by atoms with Gasteiger partial charge in [0, 0.05) is 25.1 Å². The van der Waals surface area contributed by atoms with Gasteiger partial charge in [0.25, 0.3) is 5.91 Å². The highest BCUT2D eigenvalue weighted by Crippen LogP contribution is 2.22. The summed E-state index contributed by atoms with van der Waals surface area (Å²) >= 11 is 0. The summed E-state index contributed by atoms with van der Waals surface area (Å²) in [5, 5.41) is 2.96. The molecule has 1 heterocycles. The summed E-state index contributed by atoms with van der Waals surface area (Å²) in [5.74, 6) is -0.425. The summed E-state index contributed by atoms with van der Waals surface area (Å²) in [6.45, 7) is 2.91. The molecule has 130 valence electrons. The first-order valence-electron chi connectivity index (χ1n) is 8.50. The summed E-state index contributed by atoms with van der Waals surface area (Å²) in [7, 11) is 0. The molecule has 0 aliphatic carbocycles. The molecule has 0 saturated carbocycles. The fourth-order valence-electron chi connectivity index (χ4n) is 3.11. The fourth-order valence-corrected chi connectivity index (χ4v) is 3.11. The van der Waals surface area contributed by atoms with Crippen molar-refractivity contribution in [3.05, 3.63) is 71.0 Å². The lowest BCUT2D eigenvalue weighted by molar-refractivity contribution is -0.122. The third-order valence-corrected chi connectivity index (χ3v) is 4.52. The number of fused-ring (bicyclic) bond motifs is 1. The second-order valence-corrected chi connectivity index (χ2v) is 6.21. The Hall–Kier alpha value is -2.69. The Morgan fingerprint density at radius 2 is 1.92 bits per heavy atom. The number of carbonyl (C=O) groups is 2. The Morgan fingerprint density at radius 1 is 1.20 bits per heavy atom. The lowest BCUT2D eigenvalue weighted by atomic mass is 10.0. The zero-order valence-electron chi connectivity index (χ0n) is 14.2. The molecule has 25 heavy (non-hydrogen) atoms. The summed E-state index contributed by atoms with van der Waals surface area (Å²) < 4.78 is 13.0. The zero-order chi connectivity index (χ0) is 17.8. The summed E-state index contributed by atoms with van der Waals surface area (Å²) in [4.78, 5) is 26.3. The average molecular weight is 340 g/mol. The second kappa shape index (κ2) is 7.47. The second-order valence-electron chi connectivity index (χ2n) is 6.21. The molecular formula is C20H21FN2O2. The third-order valence-electron chi connectivity index (χ3n) is 4.52. The maximum Gasteiger partial charge on any atom is 0.254 e. The Balaban J connectivity index is 1.54.